The highest BCUT2D eigenvalue weighted by Gasteiger charge is 2.14. The van der Waals surface area contributed by atoms with Gasteiger partial charge in [-0.15, -0.1) is 0 Å². The van der Waals surface area contributed by atoms with E-state index in [1.807, 2.05) is 12.1 Å². The summed E-state index contributed by atoms with van der Waals surface area (Å²) in [5.41, 5.74) is 2.28. The number of nitro benzene ring substituents is 1. The monoisotopic (exact) mass is 331 g/mol. The van der Waals surface area contributed by atoms with Gasteiger partial charge in [-0.3, -0.25) is 10.1 Å². The molecule has 0 saturated carbocycles. The van der Waals surface area contributed by atoms with Crippen molar-refractivity contribution < 1.29 is 4.92 Å². The van der Waals surface area contributed by atoms with Crippen molar-refractivity contribution in [1.82, 2.24) is 0 Å². The zero-order valence-electron chi connectivity index (χ0n) is 10.3. The lowest BCUT2D eigenvalue weighted by Crippen LogP contribution is -2.01. The number of rotatable bonds is 4. The van der Waals surface area contributed by atoms with E-state index in [1.165, 1.54) is 6.07 Å². The van der Waals surface area contributed by atoms with Crippen molar-refractivity contribution in [3.05, 3.63) is 68.2 Å². The van der Waals surface area contributed by atoms with Crippen molar-refractivity contribution in [3.63, 3.8) is 0 Å². The van der Waals surface area contributed by atoms with Gasteiger partial charge in [0.2, 0.25) is 0 Å². The van der Waals surface area contributed by atoms with E-state index in [9.17, 15) is 10.1 Å². The molecule has 100 valence electrons. The van der Waals surface area contributed by atoms with E-state index in [4.69, 9.17) is 5.26 Å². The summed E-state index contributed by atoms with van der Waals surface area (Å²) < 4.78 is 0.478. The Labute approximate surface area is 124 Å². The van der Waals surface area contributed by atoms with Gasteiger partial charge in [0.15, 0.2) is 0 Å². The van der Waals surface area contributed by atoms with Gasteiger partial charge in [0.25, 0.3) is 5.69 Å². The van der Waals surface area contributed by atoms with Gasteiger partial charge in [-0.05, 0) is 45.8 Å². The second kappa shape index (κ2) is 6.17. The molecule has 20 heavy (non-hydrogen) atoms. The molecule has 0 radical (unpaired) electrons. The van der Waals surface area contributed by atoms with Gasteiger partial charge in [0.1, 0.15) is 4.47 Å². The van der Waals surface area contributed by atoms with E-state index < -0.39 is 4.92 Å². The summed E-state index contributed by atoms with van der Waals surface area (Å²) in [7, 11) is 0. The van der Waals surface area contributed by atoms with Crippen LogP contribution in [0.15, 0.2) is 46.9 Å². The molecule has 2 aromatic rings. The lowest BCUT2D eigenvalue weighted by molar-refractivity contribution is -0.385. The van der Waals surface area contributed by atoms with Gasteiger partial charge in [0.05, 0.1) is 16.6 Å². The van der Waals surface area contributed by atoms with Gasteiger partial charge in [0, 0.05) is 18.3 Å². The van der Waals surface area contributed by atoms with Crippen molar-refractivity contribution in [3.8, 4) is 6.07 Å². The number of anilines is 1. The molecule has 0 saturated heterocycles. The smallest absolute Gasteiger partial charge is 0.283 e. The lowest BCUT2D eigenvalue weighted by atomic mass is 10.2. The first kappa shape index (κ1) is 14.0. The molecule has 1 N–H and O–H groups in total. The SMILES string of the molecule is N#Cc1ccc(NCc2cccc([N+](=O)[O-])c2Br)cc1. The summed E-state index contributed by atoms with van der Waals surface area (Å²) in [6.45, 7) is 0.453. The van der Waals surface area contributed by atoms with Crippen molar-refractivity contribution in [2.45, 2.75) is 6.54 Å². The molecule has 0 aliphatic carbocycles. The van der Waals surface area contributed by atoms with E-state index in [0.29, 0.717) is 16.6 Å². The van der Waals surface area contributed by atoms with E-state index in [1.54, 1.807) is 30.3 Å². The largest absolute Gasteiger partial charge is 0.381 e. The lowest BCUT2D eigenvalue weighted by Gasteiger charge is -2.08. The molecule has 0 aliphatic heterocycles. The van der Waals surface area contributed by atoms with Gasteiger partial charge >= 0.3 is 0 Å². The van der Waals surface area contributed by atoms with Crippen LogP contribution >= 0.6 is 15.9 Å². The molecule has 0 aliphatic rings. The van der Waals surface area contributed by atoms with Crippen molar-refractivity contribution in [2.75, 3.05) is 5.32 Å². The first-order valence-electron chi connectivity index (χ1n) is 5.77. The minimum absolute atomic E-state index is 0.0455. The minimum atomic E-state index is -0.421. The first-order valence-corrected chi connectivity index (χ1v) is 6.57. The molecular weight excluding hydrogens is 322 g/mol. The molecule has 0 heterocycles. The predicted molar refractivity (Wildman–Crippen MR) is 79.3 cm³/mol. The Balaban J connectivity index is 2.13. The predicted octanol–water partition coefficient (Wildman–Crippen LogP) is 3.84. The van der Waals surface area contributed by atoms with Crippen LogP contribution < -0.4 is 5.32 Å². The number of nitriles is 1. The maximum Gasteiger partial charge on any atom is 0.283 e. The zero-order chi connectivity index (χ0) is 14.5. The second-order valence-electron chi connectivity index (χ2n) is 4.05. The van der Waals surface area contributed by atoms with E-state index in [-0.39, 0.29) is 5.69 Å². The number of hydrogen-bond donors (Lipinski definition) is 1. The van der Waals surface area contributed by atoms with Gasteiger partial charge in [-0.25, -0.2) is 0 Å². The molecule has 0 atom stereocenters. The maximum atomic E-state index is 10.8. The number of benzene rings is 2. The van der Waals surface area contributed by atoms with Gasteiger partial charge in [-0.2, -0.15) is 5.26 Å². The molecule has 6 heteroatoms. The Morgan fingerprint density at radius 1 is 1.25 bits per heavy atom. The number of nitro groups is 1. The Morgan fingerprint density at radius 2 is 1.95 bits per heavy atom. The van der Waals surface area contributed by atoms with E-state index >= 15 is 0 Å². The van der Waals surface area contributed by atoms with Crippen LogP contribution in [-0.2, 0) is 6.54 Å². The highest BCUT2D eigenvalue weighted by atomic mass is 79.9. The van der Waals surface area contributed by atoms with Crippen LogP contribution in [-0.4, -0.2) is 4.92 Å². The minimum Gasteiger partial charge on any atom is -0.381 e. The summed E-state index contributed by atoms with van der Waals surface area (Å²) in [4.78, 5) is 10.4. The third-order valence-corrected chi connectivity index (χ3v) is 3.67. The third-order valence-electron chi connectivity index (χ3n) is 2.75. The van der Waals surface area contributed by atoms with Crippen molar-refractivity contribution in [1.29, 1.82) is 5.26 Å². The fraction of sp³-hybridized carbons (Fsp3) is 0.0714. The molecule has 0 spiro atoms. The Hall–Kier alpha value is -2.39. The van der Waals surface area contributed by atoms with Crippen LogP contribution in [0.4, 0.5) is 11.4 Å². The number of nitrogens with zero attached hydrogens (tertiary/aromatic N) is 2. The molecule has 0 aromatic heterocycles. The van der Waals surface area contributed by atoms with E-state index in [2.05, 4.69) is 21.2 Å². The zero-order valence-corrected chi connectivity index (χ0v) is 11.9. The number of halogens is 1. The molecule has 2 aromatic carbocycles. The maximum absolute atomic E-state index is 10.8. The topological polar surface area (TPSA) is 79.0 Å². The average molecular weight is 332 g/mol. The van der Waals surface area contributed by atoms with Gasteiger partial charge < -0.3 is 5.32 Å². The average Bonchev–Trinajstić information content (AvgIpc) is 2.46. The quantitative estimate of drug-likeness (QED) is 0.681. The Kier molecular flexibility index (Phi) is 4.33. The number of nitrogens with one attached hydrogen (secondary N) is 1. The van der Waals surface area contributed by atoms with Crippen LogP contribution in [0, 0.1) is 21.4 Å². The van der Waals surface area contributed by atoms with Crippen LogP contribution in [0.2, 0.25) is 0 Å². The molecule has 5 nitrogen and oxygen atoms in total. The summed E-state index contributed by atoms with van der Waals surface area (Å²) >= 11 is 3.25. The summed E-state index contributed by atoms with van der Waals surface area (Å²) in [5.74, 6) is 0. The van der Waals surface area contributed by atoms with Crippen molar-refractivity contribution in [2.24, 2.45) is 0 Å². The standard InChI is InChI=1S/C14H10BrN3O2/c15-14-11(2-1-3-13(14)18(19)20)9-17-12-6-4-10(8-16)5-7-12/h1-7,17H,9H2. The molecule has 0 amide bonds. The van der Waals surface area contributed by atoms with Crippen LogP contribution in [0.25, 0.3) is 0 Å². The summed E-state index contributed by atoms with van der Waals surface area (Å²) in [5, 5.41) is 22.7. The molecule has 0 unspecified atom stereocenters. The molecule has 0 bridgehead atoms. The van der Waals surface area contributed by atoms with Crippen LogP contribution in [0.3, 0.4) is 0 Å². The third kappa shape index (κ3) is 3.13. The highest BCUT2D eigenvalue weighted by Crippen LogP contribution is 2.28. The fourth-order valence-electron chi connectivity index (χ4n) is 1.70. The first-order chi connectivity index (χ1) is 9.61. The van der Waals surface area contributed by atoms with Crippen LogP contribution in [0.1, 0.15) is 11.1 Å². The summed E-state index contributed by atoms with van der Waals surface area (Å²) in [6.07, 6.45) is 0. The Morgan fingerprint density at radius 3 is 2.55 bits per heavy atom. The molecular formula is C14H10BrN3O2. The second-order valence-corrected chi connectivity index (χ2v) is 4.84. The van der Waals surface area contributed by atoms with Crippen molar-refractivity contribution >= 4 is 27.3 Å². The van der Waals surface area contributed by atoms with Crippen LogP contribution in [0.5, 0.6) is 0 Å². The normalized spacial score (nSPS) is 9.80. The van der Waals surface area contributed by atoms with E-state index in [0.717, 1.165) is 11.3 Å². The molecule has 0 fully saturated rings. The summed E-state index contributed by atoms with van der Waals surface area (Å²) in [6, 6.07) is 14.0. The highest BCUT2D eigenvalue weighted by molar-refractivity contribution is 9.10. The fourth-order valence-corrected chi connectivity index (χ4v) is 2.25. The molecule has 2 rings (SSSR count). The van der Waals surface area contributed by atoms with Gasteiger partial charge in [-0.1, -0.05) is 12.1 Å². The number of hydrogen-bond acceptors (Lipinski definition) is 4. The Bertz CT molecular complexity index is 678.